The van der Waals surface area contributed by atoms with Gasteiger partial charge in [0.2, 0.25) is 23.6 Å². The zero-order chi connectivity index (χ0) is 25.2. The van der Waals surface area contributed by atoms with Crippen molar-refractivity contribution in [3.05, 3.63) is 107 Å². The Kier molecular flexibility index (Phi) is 8.72. The van der Waals surface area contributed by atoms with Gasteiger partial charge in [0.15, 0.2) is 0 Å². The molecule has 0 spiro atoms. The zero-order valence-corrected chi connectivity index (χ0v) is 19.1. The van der Waals surface area contributed by atoms with Crippen molar-refractivity contribution in [3.8, 4) is 0 Å². The molecule has 8 nitrogen and oxygen atoms in total. The average Bonchev–Trinajstić information content (AvgIpc) is 2.86. The van der Waals surface area contributed by atoms with Crippen molar-refractivity contribution in [2.45, 2.75) is 24.8 Å². The molecule has 0 fully saturated rings. The van der Waals surface area contributed by atoms with E-state index in [1.54, 1.807) is 48.5 Å². The van der Waals surface area contributed by atoms with Crippen LogP contribution in [0.15, 0.2) is 84.9 Å². The fourth-order valence-electron chi connectivity index (χ4n) is 3.89. The van der Waals surface area contributed by atoms with Crippen LogP contribution < -0.4 is 22.1 Å². The molecule has 8 heteroatoms. The van der Waals surface area contributed by atoms with Gasteiger partial charge >= 0.3 is 0 Å². The van der Waals surface area contributed by atoms with Gasteiger partial charge in [-0.05, 0) is 29.2 Å². The summed E-state index contributed by atoms with van der Waals surface area (Å²) in [6, 6.07) is 24.4. The molecule has 0 radical (unpaired) electrons. The van der Waals surface area contributed by atoms with E-state index in [1.807, 2.05) is 36.4 Å². The quantitative estimate of drug-likeness (QED) is 0.338. The SMILES string of the molecule is NC(=O)C[C@H](NC(=O)CNC(=O)[C@@H](Cc1ccccc1)c1ccccc1C(N)=O)c1ccccc1. The minimum Gasteiger partial charge on any atom is -0.370 e. The summed E-state index contributed by atoms with van der Waals surface area (Å²) in [4.78, 5) is 49.4. The molecular weight excluding hydrogens is 444 g/mol. The van der Waals surface area contributed by atoms with Gasteiger partial charge in [0.25, 0.3) is 0 Å². The Labute approximate surface area is 203 Å². The van der Waals surface area contributed by atoms with Crippen molar-refractivity contribution >= 4 is 23.6 Å². The number of nitrogens with two attached hydrogens (primary N) is 2. The van der Waals surface area contributed by atoms with Crippen LogP contribution in [0, 0.1) is 0 Å². The van der Waals surface area contributed by atoms with E-state index in [-0.39, 0.29) is 18.5 Å². The molecule has 0 bridgehead atoms. The maximum atomic E-state index is 13.2. The van der Waals surface area contributed by atoms with E-state index in [2.05, 4.69) is 10.6 Å². The fraction of sp³-hybridized carbons (Fsp3) is 0.185. The Morgan fingerprint density at radius 2 is 1.37 bits per heavy atom. The first-order valence-electron chi connectivity index (χ1n) is 11.2. The lowest BCUT2D eigenvalue weighted by molar-refractivity contribution is -0.127. The largest absolute Gasteiger partial charge is 0.370 e. The van der Waals surface area contributed by atoms with Crippen LogP contribution >= 0.6 is 0 Å². The summed E-state index contributed by atoms with van der Waals surface area (Å²) < 4.78 is 0. The smallest absolute Gasteiger partial charge is 0.249 e. The summed E-state index contributed by atoms with van der Waals surface area (Å²) in [5.41, 5.74) is 13.2. The Morgan fingerprint density at radius 1 is 0.771 bits per heavy atom. The molecule has 3 aromatic rings. The highest BCUT2D eigenvalue weighted by Gasteiger charge is 2.26. The van der Waals surface area contributed by atoms with Gasteiger partial charge in [0, 0.05) is 5.56 Å². The minimum atomic E-state index is -0.746. The average molecular weight is 473 g/mol. The third-order valence-corrected chi connectivity index (χ3v) is 5.57. The van der Waals surface area contributed by atoms with Crippen LogP contribution in [0.5, 0.6) is 0 Å². The van der Waals surface area contributed by atoms with Crippen molar-refractivity contribution in [2.24, 2.45) is 11.5 Å². The first-order valence-corrected chi connectivity index (χ1v) is 11.2. The van der Waals surface area contributed by atoms with Crippen molar-refractivity contribution in [1.82, 2.24) is 10.6 Å². The molecule has 6 N–H and O–H groups in total. The van der Waals surface area contributed by atoms with Gasteiger partial charge in [0.05, 0.1) is 24.9 Å². The van der Waals surface area contributed by atoms with E-state index in [0.29, 0.717) is 12.0 Å². The van der Waals surface area contributed by atoms with Crippen LogP contribution in [-0.4, -0.2) is 30.2 Å². The number of nitrogens with one attached hydrogen (secondary N) is 2. The molecule has 3 rings (SSSR count). The minimum absolute atomic E-state index is 0.0771. The number of carbonyl (C=O) groups excluding carboxylic acids is 4. The third kappa shape index (κ3) is 7.26. The number of rotatable bonds is 11. The van der Waals surface area contributed by atoms with Crippen LogP contribution in [0.1, 0.15) is 45.4 Å². The van der Waals surface area contributed by atoms with Gasteiger partial charge in [-0.1, -0.05) is 78.9 Å². The molecule has 0 aliphatic carbocycles. The fourth-order valence-corrected chi connectivity index (χ4v) is 3.89. The maximum Gasteiger partial charge on any atom is 0.249 e. The summed E-state index contributed by atoms with van der Waals surface area (Å²) in [7, 11) is 0. The molecule has 0 aromatic heterocycles. The molecule has 4 amide bonds. The molecule has 180 valence electrons. The second kappa shape index (κ2) is 12.1. The highest BCUT2D eigenvalue weighted by Crippen LogP contribution is 2.25. The molecule has 0 heterocycles. The normalized spacial score (nSPS) is 12.2. The molecule has 35 heavy (non-hydrogen) atoms. The molecule has 0 unspecified atom stereocenters. The zero-order valence-electron chi connectivity index (χ0n) is 19.1. The molecule has 0 aliphatic rings. The van der Waals surface area contributed by atoms with E-state index in [4.69, 9.17) is 11.5 Å². The third-order valence-electron chi connectivity index (χ3n) is 5.57. The Hall–Kier alpha value is -4.46. The van der Waals surface area contributed by atoms with E-state index in [0.717, 1.165) is 11.1 Å². The van der Waals surface area contributed by atoms with Gasteiger partial charge < -0.3 is 22.1 Å². The molecule has 0 aliphatic heterocycles. The first-order chi connectivity index (χ1) is 16.8. The van der Waals surface area contributed by atoms with E-state index >= 15 is 0 Å². The lowest BCUT2D eigenvalue weighted by Crippen LogP contribution is -2.41. The summed E-state index contributed by atoms with van der Waals surface area (Å²) in [6.45, 7) is -0.315. The van der Waals surface area contributed by atoms with Crippen LogP contribution in [0.25, 0.3) is 0 Å². The van der Waals surface area contributed by atoms with E-state index in [9.17, 15) is 19.2 Å². The second-order valence-corrected chi connectivity index (χ2v) is 8.11. The number of hydrogen-bond acceptors (Lipinski definition) is 4. The Balaban J connectivity index is 1.75. The number of amides is 4. The van der Waals surface area contributed by atoms with Gasteiger partial charge in [-0.3, -0.25) is 19.2 Å². The molecule has 3 aromatic carbocycles. The van der Waals surface area contributed by atoms with Crippen molar-refractivity contribution in [1.29, 1.82) is 0 Å². The molecule has 0 saturated carbocycles. The predicted octanol–water partition coefficient (Wildman–Crippen LogP) is 1.96. The number of primary amides is 2. The van der Waals surface area contributed by atoms with E-state index < -0.39 is 35.6 Å². The van der Waals surface area contributed by atoms with Crippen LogP contribution in [0.3, 0.4) is 0 Å². The summed E-state index contributed by atoms with van der Waals surface area (Å²) >= 11 is 0. The van der Waals surface area contributed by atoms with Gasteiger partial charge in [-0.15, -0.1) is 0 Å². The highest BCUT2D eigenvalue weighted by molar-refractivity contribution is 5.97. The summed E-state index contributed by atoms with van der Waals surface area (Å²) in [5.74, 6) is -2.85. The lowest BCUT2D eigenvalue weighted by Gasteiger charge is -2.21. The van der Waals surface area contributed by atoms with Crippen LogP contribution in [0.4, 0.5) is 0 Å². The number of carbonyl (C=O) groups is 4. The highest BCUT2D eigenvalue weighted by atomic mass is 16.2. The van der Waals surface area contributed by atoms with Gasteiger partial charge in [-0.2, -0.15) is 0 Å². The van der Waals surface area contributed by atoms with Gasteiger partial charge in [0.1, 0.15) is 0 Å². The number of benzene rings is 3. The summed E-state index contributed by atoms with van der Waals surface area (Å²) in [6.07, 6.45) is 0.235. The monoisotopic (exact) mass is 472 g/mol. The second-order valence-electron chi connectivity index (χ2n) is 8.11. The first kappa shape index (κ1) is 25.2. The van der Waals surface area contributed by atoms with Crippen molar-refractivity contribution in [2.75, 3.05) is 6.54 Å². The molecular formula is C27H28N4O4. The van der Waals surface area contributed by atoms with Crippen molar-refractivity contribution in [3.63, 3.8) is 0 Å². The Morgan fingerprint density at radius 3 is 2.00 bits per heavy atom. The maximum absolute atomic E-state index is 13.2. The van der Waals surface area contributed by atoms with Crippen LogP contribution in [-0.2, 0) is 20.8 Å². The van der Waals surface area contributed by atoms with Crippen molar-refractivity contribution < 1.29 is 19.2 Å². The van der Waals surface area contributed by atoms with Gasteiger partial charge in [-0.25, -0.2) is 0 Å². The van der Waals surface area contributed by atoms with Crippen LogP contribution in [0.2, 0.25) is 0 Å². The standard InChI is InChI=1S/C27H28N4O4/c28-24(32)16-23(19-11-5-2-6-12-19)31-25(33)17-30-27(35)22(15-18-9-3-1-4-10-18)20-13-7-8-14-21(20)26(29)34/h1-14,22-23H,15-17H2,(H2,28,32)(H2,29,34)(H,30,35)(H,31,33)/t22-,23-/m0/s1. The molecule has 0 saturated heterocycles. The molecule has 2 atom stereocenters. The Bertz CT molecular complexity index is 1180. The summed E-state index contributed by atoms with van der Waals surface area (Å²) in [5, 5.41) is 5.41. The lowest BCUT2D eigenvalue weighted by atomic mass is 9.87. The predicted molar refractivity (Wildman–Crippen MR) is 132 cm³/mol. The van der Waals surface area contributed by atoms with E-state index in [1.165, 1.54) is 0 Å². The topological polar surface area (TPSA) is 144 Å². The number of hydrogen-bond donors (Lipinski definition) is 4.